The van der Waals surface area contributed by atoms with Crippen LogP contribution in [-0.2, 0) is 17.9 Å². The zero-order chi connectivity index (χ0) is 13.7. The van der Waals surface area contributed by atoms with Crippen LogP contribution in [-0.4, -0.2) is 30.4 Å². The first-order valence-electron chi connectivity index (χ1n) is 6.51. The first-order valence-corrected chi connectivity index (χ1v) is 6.51. The molecule has 0 saturated heterocycles. The van der Waals surface area contributed by atoms with Crippen LogP contribution in [0.15, 0.2) is 29.3 Å². The predicted molar refractivity (Wildman–Crippen MR) is 90.9 cm³/mol. The van der Waals surface area contributed by atoms with Crippen LogP contribution < -0.4 is 11.1 Å². The molecule has 1 heterocycles. The normalized spacial score (nSPS) is 13.7. The van der Waals surface area contributed by atoms with Crippen molar-refractivity contribution >= 4 is 35.8 Å². The van der Waals surface area contributed by atoms with Crippen molar-refractivity contribution in [1.29, 1.82) is 0 Å². The van der Waals surface area contributed by atoms with E-state index < -0.39 is 0 Å². The minimum Gasteiger partial charge on any atom is -0.370 e. The van der Waals surface area contributed by atoms with E-state index in [4.69, 9.17) is 5.73 Å². The maximum atomic E-state index is 12.1. The van der Waals surface area contributed by atoms with E-state index in [2.05, 4.69) is 22.4 Å². The second kappa shape index (κ2) is 8.08. The molecule has 0 atom stereocenters. The maximum absolute atomic E-state index is 12.1. The van der Waals surface area contributed by atoms with Crippen LogP contribution in [0.25, 0.3) is 0 Å². The van der Waals surface area contributed by atoms with Gasteiger partial charge in [0.2, 0.25) is 5.91 Å². The second-order valence-electron chi connectivity index (χ2n) is 4.66. The fraction of sp³-hybridized carbons (Fsp3) is 0.429. The average Bonchev–Trinajstić information content (AvgIpc) is 2.87. The fourth-order valence-corrected chi connectivity index (χ4v) is 2.20. The molecule has 1 amide bonds. The van der Waals surface area contributed by atoms with Crippen molar-refractivity contribution in [3.63, 3.8) is 0 Å². The van der Waals surface area contributed by atoms with Crippen molar-refractivity contribution in [2.45, 2.75) is 25.9 Å². The molecule has 6 heteroatoms. The lowest BCUT2D eigenvalue weighted by Gasteiger charge is -2.15. The van der Waals surface area contributed by atoms with Crippen molar-refractivity contribution in [1.82, 2.24) is 10.2 Å². The molecule has 2 rings (SSSR count). The zero-order valence-electron chi connectivity index (χ0n) is 11.6. The van der Waals surface area contributed by atoms with E-state index in [9.17, 15) is 4.79 Å². The van der Waals surface area contributed by atoms with Crippen molar-refractivity contribution in [3.05, 3.63) is 35.4 Å². The molecule has 0 unspecified atom stereocenters. The standard InChI is InChI=1S/C14H20N4O.HI/c1-16-14(15)17-8-4-7-13(19)18-9-11-5-2-3-6-12(11)10-18;/h2-3,5-6H,4,7-10H2,1H3,(H3,15,16,17);1H. The highest BCUT2D eigenvalue weighted by atomic mass is 127. The van der Waals surface area contributed by atoms with E-state index in [1.807, 2.05) is 17.0 Å². The molecular weight excluding hydrogens is 367 g/mol. The number of carbonyl (C=O) groups is 1. The summed E-state index contributed by atoms with van der Waals surface area (Å²) >= 11 is 0. The third-order valence-electron chi connectivity index (χ3n) is 3.31. The Kier molecular flexibility index (Phi) is 6.77. The smallest absolute Gasteiger partial charge is 0.223 e. The van der Waals surface area contributed by atoms with Crippen LogP contribution in [0.2, 0.25) is 0 Å². The molecular formula is C14H21IN4O. The van der Waals surface area contributed by atoms with Crippen LogP contribution in [0.4, 0.5) is 0 Å². The van der Waals surface area contributed by atoms with E-state index in [-0.39, 0.29) is 29.9 Å². The van der Waals surface area contributed by atoms with Crippen LogP contribution in [0.3, 0.4) is 0 Å². The first kappa shape index (κ1) is 16.7. The summed E-state index contributed by atoms with van der Waals surface area (Å²) in [4.78, 5) is 17.8. The minimum atomic E-state index is 0. The number of benzene rings is 1. The molecule has 1 aliphatic heterocycles. The molecule has 3 N–H and O–H groups in total. The lowest BCUT2D eigenvalue weighted by atomic mass is 10.1. The zero-order valence-corrected chi connectivity index (χ0v) is 14.0. The number of carbonyl (C=O) groups excluding carboxylic acids is 1. The van der Waals surface area contributed by atoms with Crippen LogP contribution in [0.1, 0.15) is 24.0 Å². The Labute approximate surface area is 136 Å². The fourth-order valence-electron chi connectivity index (χ4n) is 2.20. The molecule has 0 radical (unpaired) electrons. The van der Waals surface area contributed by atoms with Gasteiger partial charge in [-0.05, 0) is 17.5 Å². The van der Waals surface area contributed by atoms with Gasteiger partial charge in [0.1, 0.15) is 0 Å². The molecule has 20 heavy (non-hydrogen) atoms. The second-order valence-corrected chi connectivity index (χ2v) is 4.66. The summed E-state index contributed by atoms with van der Waals surface area (Å²) in [5.41, 5.74) is 8.03. The van der Waals surface area contributed by atoms with Crippen LogP contribution >= 0.6 is 24.0 Å². The molecule has 0 spiro atoms. The molecule has 110 valence electrons. The van der Waals surface area contributed by atoms with Gasteiger partial charge < -0.3 is 16.0 Å². The Bertz CT molecular complexity index is 465. The van der Waals surface area contributed by atoms with Gasteiger partial charge in [-0.3, -0.25) is 9.79 Å². The van der Waals surface area contributed by atoms with Gasteiger partial charge in [-0.25, -0.2) is 0 Å². The van der Waals surface area contributed by atoms with Gasteiger partial charge in [-0.15, -0.1) is 24.0 Å². The minimum absolute atomic E-state index is 0. The summed E-state index contributed by atoms with van der Waals surface area (Å²) in [7, 11) is 1.63. The molecule has 1 aliphatic rings. The van der Waals surface area contributed by atoms with Crippen molar-refractivity contribution in [3.8, 4) is 0 Å². The largest absolute Gasteiger partial charge is 0.370 e. The van der Waals surface area contributed by atoms with Crippen molar-refractivity contribution in [2.24, 2.45) is 10.7 Å². The Morgan fingerprint density at radius 1 is 1.35 bits per heavy atom. The van der Waals surface area contributed by atoms with E-state index in [0.29, 0.717) is 18.9 Å². The number of nitrogens with two attached hydrogens (primary N) is 1. The third kappa shape index (κ3) is 4.36. The number of nitrogens with one attached hydrogen (secondary N) is 1. The van der Waals surface area contributed by atoms with E-state index in [0.717, 1.165) is 19.5 Å². The number of rotatable bonds is 4. The number of amides is 1. The summed E-state index contributed by atoms with van der Waals surface area (Å²) in [5.74, 6) is 0.617. The summed E-state index contributed by atoms with van der Waals surface area (Å²) in [6.07, 6.45) is 1.31. The van der Waals surface area contributed by atoms with E-state index >= 15 is 0 Å². The molecule has 5 nitrogen and oxygen atoms in total. The first-order chi connectivity index (χ1) is 9.20. The van der Waals surface area contributed by atoms with Gasteiger partial charge in [0.05, 0.1) is 0 Å². The molecule has 0 aliphatic carbocycles. The van der Waals surface area contributed by atoms with Gasteiger partial charge in [0.15, 0.2) is 5.96 Å². The number of nitrogens with zero attached hydrogens (tertiary/aromatic N) is 2. The van der Waals surface area contributed by atoms with Gasteiger partial charge in [0, 0.05) is 33.1 Å². The predicted octanol–water partition coefficient (Wildman–Crippen LogP) is 1.46. The molecule has 0 fully saturated rings. The van der Waals surface area contributed by atoms with E-state index in [1.54, 1.807) is 7.05 Å². The lowest BCUT2D eigenvalue weighted by Crippen LogP contribution is -2.33. The third-order valence-corrected chi connectivity index (χ3v) is 3.31. The van der Waals surface area contributed by atoms with Gasteiger partial charge >= 0.3 is 0 Å². The Morgan fingerprint density at radius 3 is 2.50 bits per heavy atom. The average molecular weight is 388 g/mol. The lowest BCUT2D eigenvalue weighted by molar-refractivity contribution is -0.131. The number of halogens is 1. The Morgan fingerprint density at radius 2 is 1.95 bits per heavy atom. The number of fused-ring (bicyclic) bond motifs is 1. The number of aliphatic imine (C=N–C) groups is 1. The topological polar surface area (TPSA) is 70.7 Å². The summed E-state index contributed by atoms with van der Waals surface area (Å²) in [5, 5.41) is 2.95. The van der Waals surface area contributed by atoms with Crippen molar-refractivity contribution < 1.29 is 4.79 Å². The summed E-state index contributed by atoms with van der Waals surface area (Å²) in [6, 6.07) is 8.21. The van der Waals surface area contributed by atoms with Crippen LogP contribution in [0, 0.1) is 0 Å². The highest BCUT2D eigenvalue weighted by Crippen LogP contribution is 2.22. The molecule has 1 aromatic rings. The molecule has 1 aromatic carbocycles. The van der Waals surface area contributed by atoms with Crippen molar-refractivity contribution in [2.75, 3.05) is 13.6 Å². The maximum Gasteiger partial charge on any atom is 0.223 e. The van der Waals surface area contributed by atoms with Gasteiger partial charge in [-0.2, -0.15) is 0 Å². The molecule has 0 bridgehead atoms. The summed E-state index contributed by atoms with van der Waals surface area (Å²) in [6.45, 7) is 2.15. The highest BCUT2D eigenvalue weighted by Gasteiger charge is 2.21. The quantitative estimate of drug-likeness (QED) is 0.355. The number of hydrogen-bond donors (Lipinski definition) is 2. The molecule has 0 saturated carbocycles. The Hall–Kier alpha value is -1.31. The summed E-state index contributed by atoms with van der Waals surface area (Å²) < 4.78 is 0. The van der Waals surface area contributed by atoms with E-state index in [1.165, 1.54) is 11.1 Å². The van der Waals surface area contributed by atoms with Crippen LogP contribution in [0.5, 0.6) is 0 Å². The SMILES string of the molecule is CN=C(N)NCCCC(=O)N1Cc2ccccc2C1.I. The highest BCUT2D eigenvalue weighted by molar-refractivity contribution is 14.0. The monoisotopic (exact) mass is 388 g/mol. The van der Waals surface area contributed by atoms with Gasteiger partial charge in [0.25, 0.3) is 0 Å². The Balaban J connectivity index is 0.00000200. The number of guanidine groups is 1. The number of hydrogen-bond acceptors (Lipinski definition) is 2. The van der Waals surface area contributed by atoms with Gasteiger partial charge in [-0.1, -0.05) is 24.3 Å². The molecule has 0 aromatic heterocycles.